The van der Waals surface area contributed by atoms with E-state index in [2.05, 4.69) is 4.98 Å². The molecule has 4 aromatic rings. The highest BCUT2D eigenvalue weighted by Crippen LogP contribution is 2.37. The van der Waals surface area contributed by atoms with E-state index in [9.17, 15) is 24.9 Å². The second-order valence-corrected chi connectivity index (χ2v) is 9.22. The van der Waals surface area contributed by atoms with Gasteiger partial charge in [0.1, 0.15) is 41.8 Å². The van der Waals surface area contributed by atoms with Crippen LogP contribution in [0.25, 0.3) is 34.4 Å². The van der Waals surface area contributed by atoms with Crippen molar-refractivity contribution in [2.24, 2.45) is 0 Å². The van der Waals surface area contributed by atoms with Crippen LogP contribution in [0.1, 0.15) is 0 Å². The Hall–Kier alpha value is -4.58. The number of aromatic amines is 1. The van der Waals surface area contributed by atoms with Gasteiger partial charge >= 0.3 is 5.97 Å². The molecule has 2 aromatic heterocycles. The summed E-state index contributed by atoms with van der Waals surface area (Å²) in [5.41, 5.74) is -0.956. The van der Waals surface area contributed by atoms with Gasteiger partial charge in [-0.3, -0.25) is 4.79 Å². The van der Waals surface area contributed by atoms with E-state index in [-0.39, 0.29) is 22.1 Å². The van der Waals surface area contributed by atoms with Gasteiger partial charge in [-0.2, -0.15) is 0 Å². The summed E-state index contributed by atoms with van der Waals surface area (Å²) in [6.45, 7) is 0. The topological polar surface area (TPSA) is 161 Å². The molecule has 11 nitrogen and oxygen atoms in total. The number of aliphatic hydroxyl groups is 2. The Morgan fingerprint density at radius 1 is 1.08 bits per heavy atom. The Labute approximate surface area is 219 Å². The van der Waals surface area contributed by atoms with Crippen molar-refractivity contribution in [2.75, 3.05) is 7.11 Å². The number of carboxylic acid groups (broad SMARTS) is 1. The van der Waals surface area contributed by atoms with Crippen molar-refractivity contribution in [1.82, 2.24) is 4.98 Å². The van der Waals surface area contributed by atoms with Crippen LogP contribution in [-0.2, 0) is 14.3 Å². The van der Waals surface area contributed by atoms with Gasteiger partial charge in [0.05, 0.1) is 23.4 Å². The number of carboxylic acids is 1. The average Bonchev–Trinajstić information content (AvgIpc) is 3.41. The molecule has 1 saturated heterocycles. The molecule has 2 aromatic carbocycles. The van der Waals surface area contributed by atoms with E-state index >= 15 is 0 Å². The molecule has 11 heteroatoms. The van der Waals surface area contributed by atoms with Crippen LogP contribution in [-0.4, -0.2) is 63.6 Å². The molecule has 1 spiro atoms. The van der Waals surface area contributed by atoms with Gasteiger partial charge in [0, 0.05) is 17.5 Å². The van der Waals surface area contributed by atoms with Crippen molar-refractivity contribution in [2.45, 2.75) is 30.2 Å². The van der Waals surface area contributed by atoms with Gasteiger partial charge in [-0.1, -0.05) is 12.1 Å². The second kappa shape index (κ2) is 9.31. The number of hydrogen-bond donors (Lipinski definition) is 4. The molecule has 0 bridgehead atoms. The van der Waals surface area contributed by atoms with Gasteiger partial charge in [-0.05, 0) is 42.0 Å². The SMILES string of the molecule is COc1ccc(-c2coc3cc(O[C@@H]4O[C@H](C(=O)O)[C@]5(C=c6cc[nH]c6=CO5)[C@H](O)[C@H]4O)ccc3c2=O)cc1. The average molecular weight is 533 g/mol. The molecule has 6 rings (SSSR count). The van der Waals surface area contributed by atoms with Crippen molar-refractivity contribution >= 4 is 29.3 Å². The van der Waals surface area contributed by atoms with Gasteiger partial charge < -0.3 is 43.7 Å². The fraction of sp³-hybridized carbons (Fsp3) is 0.214. The Kier molecular flexibility index (Phi) is 5.91. The Morgan fingerprint density at radius 2 is 1.85 bits per heavy atom. The molecule has 5 atom stereocenters. The van der Waals surface area contributed by atoms with Crippen LogP contribution >= 0.6 is 0 Å². The van der Waals surface area contributed by atoms with E-state index in [0.717, 1.165) is 0 Å². The van der Waals surface area contributed by atoms with Gasteiger partial charge in [0.15, 0.2) is 11.0 Å². The van der Waals surface area contributed by atoms with E-state index < -0.39 is 36.2 Å². The van der Waals surface area contributed by atoms with Gasteiger partial charge in [-0.25, -0.2) is 4.79 Å². The lowest BCUT2D eigenvalue weighted by Crippen LogP contribution is -2.69. The maximum absolute atomic E-state index is 13.1. The molecule has 4 N–H and O–H groups in total. The largest absolute Gasteiger partial charge is 0.497 e. The Bertz CT molecular complexity index is 1740. The van der Waals surface area contributed by atoms with E-state index in [1.54, 1.807) is 43.6 Å². The van der Waals surface area contributed by atoms with Crippen LogP contribution in [0.5, 0.6) is 11.5 Å². The molecule has 0 aliphatic carbocycles. The smallest absolute Gasteiger partial charge is 0.337 e. The lowest BCUT2D eigenvalue weighted by molar-refractivity contribution is -0.286. The van der Waals surface area contributed by atoms with Gasteiger partial charge in [-0.15, -0.1) is 0 Å². The van der Waals surface area contributed by atoms with Crippen molar-refractivity contribution in [3.8, 4) is 22.6 Å². The minimum absolute atomic E-state index is 0.118. The van der Waals surface area contributed by atoms with Gasteiger partial charge in [0.2, 0.25) is 12.4 Å². The Morgan fingerprint density at radius 3 is 2.59 bits per heavy atom. The van der Waals surface area contributed by atoms with Crippen LogP contribution in [0, 0.1) is 0 Å². The van der Waals surface area contributed by atoms with E-state index in [1.165, 1.54) is 36.8 Å². The molecule has 0 unspecified atom stereocenters. The number of benzene rings is 2. The molecule has 200 valence electrons. The summed E-state index contributed by atoms with van der Waals surface area (Å²) >= 11 is 0. The summed E-state index contributed by atoms with van der Waals surface area (Å²) in [6.07, 6.45) is -1.05. The number of aromatic nitrogens is 1. The predicted molar refractivity (Wildman–Crippen MR) is 136 cm³/mol. The van der Waals surface area contributed by atoms with E-state index in [0.29, 0.717) is 27.4 Å². The summed E-state index contributed by atoms with van der Waals surface area (Å²) in [6, 6.07) is 13.0. The molecule has 1 fully saturated rings. The summed E-state index contributed by atoms with van der Waals surface area (Å²) in [4.78, 5) is 28.2. The van der Waals surface area contributed by atoms with Crippen molar-refractivity contribution in [3.05, 3.63) is 81.8 Å². The van der Waals surface area contributed by atoms with Crippen LogP contribution in [0.15, 0.2) is 70.2 Å². The first kappa shape index (κ1) is 24.7. The number of H-pyrrole nitrogens is 1. The number of hydrogen-bond acceptors (Lipinski definition) is 9. The monoisotopic (exact) mass is 533 g/mol. The first-order valence-corrected chi connectivity index (χ1v) is 12.0. The lowest BCUT2D eigenvalue weighted by atomic mass is 9.82. The molecule has 0 saturated carbocycles. The molecule has 39 heavy (non-hydrogen) atoms. The summed E-state index contributed by atoms with van der Waals surface area (Å²) in [5, 5.41) is 33.3. The summed E-state index contributed by atoms with van der Waals surface area (Å²) in [7, 11) is 1.55. The molecule has 2 aliphatic rings. The fourth-order valence-corrected chi connectivity index (χ4v) is 4.88. The number of aliphatic hydroxyl groups excluding tert-OH is 2. The number of carbonyl (C=O) groups is 1. The second-order valence-electron chi connectivity index (χ2n) is 9.22. The number of rotatable bonds is 5. The minimum Gasteiger partial charge on any atom is -0.497 e. The van der Waals surface area contributed by atoms with Crippen LogP contribution in [0.4, 0.5) is 0 Å². The molecule has 4 heterocycles. The quantitative estimate of drug-likeness (QED) is 0.287. The third-order valence-electron chi connectivity index (χ3n) is 6.94. The maximum Gasteiger partial charge on any atom is 0.337 e. The standard InChI is InChI=1S/C28H23NO10/c1-35-16-4-2-14(3-5-16)19-12-36-21-10-17(6-7-18(21)22(19)30)38-27-23(31)24(32)28(25(39-27)26(33)34)11-15-8-9-29-20(15)13-37-28/h2-13,23-25,27,29,31-32H,1H3,(H,33,34)/t23-,24-,25-,27-,28+/m1/s1. The van der Waals surface area contributed by atoms with E-state index in [4.69, 9.17) is 23.4 Å². The predicted octanol–water partition coefficient (Wildman–Crippen LogP) is 0.694. The minimum atomic E-state index is -1.89. The van der Waals surface area contributed by atoms with Crippen molar-refractivity contribution < 1.29 is 43.5 Å². The number of ether oxygens (including phenoxy) is 4. The maximum atomic E-state index is 13.1. The number of nitrogens with one attached hydrogen (secondary N) is 1. The highest BCUT2D eigenvalue weighted by molar-refractivity contribution is 5.82. The Balaban J connectivity index is 1.29. The van der Waals surface area contributed by atoms with Crippen LogP contribution < -0.4 is 25.5 Å². The first-order valence-electron chi connectivity index (χ1n) is 12.0. The molecular weight excluding hydrogens is 510 g/mol. The van der Waals surface area contributed by atoms with Gasteiger partial charge in [0.25, 0.3) is 0 Å². The highest BCUT2D eigenvalue weighted by atomic mass is 16.7. The number of methoxy groups -OCH3 is 1. The fourth-order valence-electron chi connectivity index (χ4n) is 4.88. The third kappa shape index (κ3) is 4.04. The number of aliphatic carboxylic acids is 1. The molecule has 0 amide bonds. The summed E-state index contributed by atoms with van der Waals surface area (Å²) in [5.74, 6) is -0.653. The van der Waals surface area contributed by atoms with Crippen molar-refractivity contribution in [1.29, 1.82) is 0 Å². The lowest BCUT2D eigenvalue weighted by Gasteiger charge is -2.47. The third-order valence-corrected chi connectivity index (χ3v) is 6.94. The van der Waals surface area contributed by atoms with E-state index in [1.807, 2.05) is 0 Å². The first-order chi connectivity index (χ1) is 18.8. The molecule has 0 radical (unpaired) electrons. The van der Waals surface area contributed by atoms with Crippen LogP contribution in [0.3, 0.4) is 0 Å². The highest BCUT2D eigenvalue weighted by Gasteiger charge is 2.60. The zero-order chi connectivity index (χ0) is 27.3. The zero-order valence-corrected chi connectivity index (χ0v) is 20.4. The zero-order valence-electron chi connectivity index (χ0n) is 20.4. The molecular formula is C28H23NO10. The summed E-state index contributed by atoms with van der Waals surface area (Å²) < 4.78 is 27.9. The molecule has 2 aliphatic heterocycles. The number of fused-ring (bicyclic) bond motifs is 2. The van der Waals surface area contributed by atoms with Crippen molar-refractivity contribution in [3.63, 3.8) is 0 Å². The van der Waals surface area contributed by atoms with Crippen LogP contribution in [0.2, 0.25) is 0 Å². The normalized spacial score (nSPS) is 25.7.